The zero-order valence-corrected chi connectivity index (χ0v) is 12.8. The van der Waals surface area contributed by atoms with E-state index >= 15 is 0 Å². The van der Waals surface area contributed by atoms with Crippen LogP contribution in [0.15, 0.2) is 0 Å². The maximum atomic E-state index is 14.0. The van der Waals surface area contributed by atoms with Gasteiger partial charge in [-0.3, -0.25) is 0 Å². The van der Waals surface area contributed by atoms with Gasteiger partial charge in [-0.2, -0.15) is 0 Å². The molecule has 0 aliphatic heterocycles. The van der Waals surface area contributed by atoms with Crippen molar-refractivity contribution < 1.29 is 8.78 Å². The van der Waals surface area contributed by atoms with Crippen LogP contribution in [0.3, 0.4) is 0 Å². The molecule has 0 rings (SSSR count). The fraction of sp³-hybridized carbons (Fsp3) is 1.00. The molecule has 0 saturated carbocycles. The van der Waals surface area contributed by atoms with Gasteiger partial charge in [-0.05, 0) is 24.7 Å². The lowest BCUT2D eigenvalue weighted by Crippen LogP contribution is -2.28. The fourth-order valence-electron chi connectivity index (χ4n) is 2.86. The largest absolute Gasteiger partial charge is 0.248 e. The second-order valence-electron chi connectivity index (χ2n) is 6.15. The van der Waals surface area contributed by atoms with Crippen LogP contribution in [-0.4, -0.2) is 5.92 Å². The lowest BCUT2D eigenvalue weighted by atomic mass is 9.75. The van der Waals surface area contributed by atoms with E-state index in [-0.39, 0.29) is 18.3 Å². The van der Waals surface area contributed by atoms with Crippen molar-refractivity contribution in [3.63, 3.8) is 0 Å². The van der Waals surface area contributed by atoms with Gasteiger partial charge in [-0.15, -0.1) is 0 Å². The van der Waals surface area contributed by atoms with E-state index in [9.17, 15) is 8.78 Å². The summed E-state index contributed by atoms with van der Waals surface area (Å²) in [5.41, 5.74) is -0.166. The second-order valence-corrected chi connectivity index (χ2v) is 6.15. The lowest BCUT2D eigenvalue weighted by molar-refractivity contribution is -0.0560. The molecule has 0 aliphatic rings. The molecule has 0 aromatic rings. The molecule has 0 aromatic carbocycles. The molecule has 0 aliphatic carbocycles. The summed E-state index contributed by atoms with van der Waals surface area (Å²) in [5.74, 6) is -2.47. The van der Waals surface area contributed by atoms with Crippen LogP contribution in [0.2, 0.25) is 0 Å². The van der Waals surface area contributed by atoms with E-state index in [1.807, 2.05) is 0 Å². The van der Waals surface area contributed by atoms with E-state index in [2.05, 4.69) is 27.7 Å². The quantitative estimate of drug-likeness (QED) is 0.368. The first-order valence-electron chi connectivity index (χ1n) is 7.77. The van der Waals surface area contributed by atoms with Crippen LogP contribution in [0.25, 0.3) is 0 Å². The average Bonchev–Trinajstić information content (AvgIpc) is 2.26. The van der Waals surface area contributed by atoms with Crippen LogP contribution < -0.4 is 0 Å². The number of hydrogen-bond donors (Lipinski definition) is 0. The van der Waals surface area contributed by atoms with Gasteiger partial charge < -0.3 is 0 Å². The van der Waals surface area contributed by atoms with Gasteiger partial charge in [0.2, 0.25) is 5.92 Å². The van der Waals surface area contributed by atoms with Gasteiger partial charge in [0.25, 0.3) is 0 Å². The van der Waals surface area contributed by atoms with Gasteiger partial charge in [0.15, 0.2) is 0 Å². The molecule has 0 radical (unpaired) electrons. The van der Waals surface area contributed by atoms with Crippen molar-refractivity contribution >= 4 is 0 Å². The van der Waals surface area contributed by atoms with E-state index < -0.39 is 5.92 Å². The molecular weight excluding hydrogens is 230 g/mol. The Morgan fingerprint density at radius 2 is 1.33 bits per heavy atom. The zero-order chi connectivity index (χ0) is 14.1. The van der Waals surface area contributed by atoms with E-state index in [0.29, 0.717) is 6.42 Å². The first-order valence-corrected chi connectivity index (χ1v) is 7.77. The molecule has 0 amide bonds. The summed E-state index contributed by atoms with van der Waals surface area (Å²) in [6.45, 7) is 8.34. The summed E-state index contributed by atoms with van der Waals surface area (Å²) in [5, 5.41) is 0. The molecule has 0 aromatic heterocycles. The van der Waals surface area contributed by atoms with Gasteiger partial charge in [-0.1, -0.05) is 59.8 Å². The molecule has 0 saturated heterocycles. The Kier molecular flexibility index (Phi) is 8.81. The zero-order valence-electron chi connectivity index (χ0n) is 12.8. The molecular formula is C16H32F2. The van der Waals surface area contributed by atoms with E-state index in [0.717, 1.165) is 44.9 Å². The highest BCUT2D eigenvalue weighted by Crippen LogP contribution is 2.42. The van der Waals surface area contributed by atoms with Crippen LogP contribution in [0.5, 0.6) is 0 Å². The molecule has 0 bridgehead atoms. The fourth-order valence-corrected chi connectivity index (χ4v) is 2.86. The Bertz CT molecular complexity index is 201. The SMILES string of the molecule is CCCCCC(F)(F)CC(C)(CCC)CCCC. The van der Waals surface area contributed by atoms with Crippen molar-refractivity contribution in [2.45, 2.75) is 97.8 Å². The number of hydrogen-bond acceptors (Lipinski definition) is 0. The van der Waals surface area contributed by atoms with E-state index in [1.165, 1.54) is 0 Å². The molecule has 1 unspecified atom stereocenters. The summed E-state index contributed by atoms with van der Waals surface area (Å²) in [6.07, 6.45) is 7.81. The highest BCUT2D eigenvalue weighted by atomic mass is 19.3. The molecule has 18 heavy (non-hydrogen) atoms. The van der Waals surface area contributed by atoms with Crippen LogP contribution in [-0.2, 0) is 0 Å². The third-order valence-corrected chi connectivity index (χ3v) is 3.82. The minimum atomic E-state index is -2.47. The minimum Gasteiger partial charge on any atom is -0.207 e. The number of alkyl halides is 2. The molecule has 2 heteroatoms. The predicted molar refractivity (Wildman–Crippen MR) is 76.2 cm³/mol. The van der Waals surface area contributed by atoms with Crippen LogP contribution >= 0.6 is 0 Å². The van der Waals surface area contributed by atoms with Crippen LogP contribution in [0.1, 0.15) is 91.9 Å². The Balaban J connectivity index is 4.34. The van der Waals surface area contributed by atoms with Gasteiger partial charge in [-0.25, -0.2) is 8.78 Å². The summed E-state index contributed by atoms with van der Waals surface area (Å²) in [7, 11) is 0. The lowest BCUT2D eigenvalue weighted by Gasteiger charge is -2.33. The smallest absolute Gasteiger partial charge is 0.207 e. The Labute approximate surface area is 113 Å². The van der Waals surface area contributed by atoms with Gasteiger partial charge in [0, 0.05) is 12.8 Å². The third kappa shape index (κ3) is 8.05. The molecule has 110 valence electrons. The van der Waals surface area contributed by atoms with Crippen molar-refractivity contribution in [1.29, 1.82) is 0 Å². The van der Waals surface area contributed by atoms with Crippen molar-refractivity contribution in [2.24, 2.45) is 5.41 Å². The summed E-state index contributed by atoms with van der Waals surface area (Å²) >= 11 is 0. The average molecular weight is 262 g/mol. The van der Waals surface area contributed by atoms with Gasteiger partial charge >= 0.3 is 0 Å². The van der Waals surface area contributed by atoms with E-state index in [4.69, 9.17) is 0 Å². The van der Waals surface area contributed by atoms with Crippen molar-refractivity contribution in [1.82, 2.24) is 0 Å². The maximum Gasteiger partial charge on any atom is 0.248 e. The molecule has 0 spiro atoms. The van der Waals surface area contributed by atoms with Gasteiger partial charge in [0.05, 0.1) is 0 Å². The first-order chi connectivity index (χ1) is 8.39. The highest BCUT2D eigenvalue weighted by molar-refractivity contribution is 4.81. The topological polar surface area (TPSA) is 0 Å². The molecule has 0 nitrogen and oxygen atoms in total. The third-order valence-electron chi connectivity index (χ3n) is 3.82. The highest BCUT2D eigenvalue weighted by Gasteiger charge is 2.37. The van der Waals surface area contributed by atoms with Crippen LogP contribution in [0, 0.1) is 5.41 Å². The first kappa shape index (κ1) is 17.9. The second kappa shape index (κ2) is 8.87. The minimum absolute atomic E-state index is 0.0757. The molecule has 0 heterocycles. The maximum absolute atomic E-state index is 14.0. The Morgan fingerprint density at radius 3 is 1.83 bits per heavy atom. The van der Waals surface area contributed by atoms with E-state index in [1.54, 1.807) is 0 Å². The van der Waals surface area contributed by atoms with Crippen molar-refractivity contribution in [3.05, 3.63) is 0 Å². The number of unbranched alkanes of at least 4 members (excludes halogenated alkanes) is 3. The Hall–Kier alpha value is -0.140. The standard InChI is InChI=1S/C16H32F2/c1-5-8-10-13-16(17,18)14-15(4,11-7-3)12-9-6-2/h5-14H2,1-4H3. The monoisotopic (exact) mass is 262 g/mol. The summed E-state index contributed by atoms with van der Waals surface area (Å²) in [6, 6.07) is 0. The predicted octanol–water partition coefficient (Wildman–Crippen LogP) is 6.59. The normalized spacial score (nSPS) is 15.7. The summed E-state index contributed by atoms with van der Waals surface area (Å²) < 4.78 is 28.0. The number of rotatable bonds is 11. The number of halogens is 2. The van der Waals surface area contributed by atoms with Gasteiger partial charge in [0.1, 0.15) is 0 Å². The van der Waals surface area contributed by atoms with Crippen LogP contribution in [0.4, 0.5) is 8.78 Å². The molecule has 1 atom stereocenters. The molecule has 0 fully saturated rings. The Morgan fingerprint density at radius 1 is 0.722 bits per heavy atom. The van der Waals surface area contributed by atoms with Crippen molar-refractivity contribution in [3.8, 4) is 0 Å². The summed E-state index contributed by atoms with van der Waals surface area (Å²) in [4.78, 5) is 0. The van der Waals surface area contributed by atoms with Crippen molar-refractivity contribution in [2.75, 3.05) is 0 Å². The molecule has 0 N–H and O–H groups in total.